The second kappa shape index (κ2) is 30.2. The van der Waals surface area contributed by atoms with Gasteiger partial charge in [-0.3, -0.25) is 43.2 Å². The SMILES string of the molecule is CC(=O)[C@]1(O)Cc2c(O)c3c(c(O)c2[C@@H](O[C@H]2C[C@@H](N)[C@H](O)C(C)O2)C1)C(=O)c1c(CO)cccc1C3=O.CC(=O)[C@]1(O)Cc2c(O)c3c(c(O)c2[C@@H](O[C@H]2C[C@H](N)[C@H](O)[C@H](C)O2)C1)C(=O)c1ccccc1C3=O.COc1cccc2c1C(=O)c1c(O)c3c(c(O)c1C2=O)C[C@@](O)(C(=O)CO)C[C@]3(C)O[C@H]1C[C@H](N)[C@H](O)[C@H](C)O1. The van der Waals surface area contributed by atoms with Crippen LogP contribution < -0.4 is 21.9 Å². The Labute approximate surface area is 648 Å². The number of aliphatic hydroxyl groups excluding tert-OH is 5. The molecule has 6 aliphatic carbocycles. The van der Waals surface area contributed by atoms with Crippen molar-refractivity contribution in [2.45, 2.75) is 214 Å². The number of rotatable bonds is 12. The van der Waals surface area contributed by atoms with Crippen molar-refractivity contribution in [2.24, 2.45) is 17.2 Å². The molecule has 114 heavy (non-hydrogen) atoms. The molecule has 0 radical (unpaired) electrons. The first kappa shape index (κ1) is 82.3. The average Bonchev–Trinajstić information content (AvgIpc) is 0.711. The van der Waals surface area contributed by atoms with Gasteiger partial charge in [0, 0.05) is 137 Å². The number of aromatic hydroxyl groups is 6. The van der Waals surface area contributed by atoms with E-state index in [0.717, 1.165) is 0 Å². The summed E-state index contributed by atoms with van der Waals surface area (Å²) in [5, 5.41) is 152. The van der Waals surface area contributed by atoms with Gasteiger partial charge in [0.1, 0.15) is 69.3 Å². The van der Waals surface area contributed by atoms with Crippen LogP contribution in [-0.4, -0.2) is 228 Å². The van der Waals surface area contributed by atoms with Gasteiger partial charge in [0.2, 0.25) is 5.78 Å². The predicted molar refractivity (Wildman–Crippen MR) is 390 cm³/mol. The van der Waals surface area contributed by atoms with Crippen molar-refractivity contribution in [1.82, 2.24) is 0 Å². The summed E-state index contributed by atoms with van der Waals surface area (Å²) in [4.78, 5) is 119. The molecule has 3 heterocycles. The number of aliphatic hydroxyl groups is 8. The first-order valence-corrected chi connectivity index (χ1v) is 36.8. The van der Waals surface area contributed by atoms with Crippen LogP contribution in [0.3, 0.4) is 0 Å². The predicted octanol–water partition coefficient (Wildman–Crippen LogP) is 1.71. The molecular weight excluding hydrogens is 1490 g/mol. The summed E-state index contributed by atoms with van der Waals surface area (Å²) in [6.07, 6.45) is -12.9. The van der Waals surface area contributed by atoms with Crippen LogP contribution in [0.5, 0.6) is 40.2 Å². The molecule has 0 saturated carbocycles. The van der Waals surface area contributed by atoms with Gasteiger partial charge >= 0.3 is 0 Å². The van der Waals surface area contributed by atoms with Crippen LogP contribution in [0.15, 0.2) is 60.7 Å². The molecular formula is C81H87N3O30. The van der Waals surface area contributed by atoms with Crippen molar-refractivity contribution in [2.75, 3.05) is 13.7 Å². The number of fused-ring (bicyclic) bond motifs is 9. The molecule has 606 valence electrons. The maximum Gasteiger partial charge on any atom is 0.202 e. The van der Waals surface area contributed by atoms with E-state index in [1.54, 1.807) is 32.9 Å². The fraction of sp³-hybridized carbons (Fsp3) is 0.444. The number of phenolic OH excluding ortho intramolecular Hbond substituents is 6. The number of Topliss-reactive ketones (excluding diaryl/α,β-unsaturated/α-hetero) is 3. The van der Waals surface area contributed by atoms with E-state index in [0.29, 0.717) is 0 Å². The Morgan fingerprint density at radius 2 is 0.842 bits per heavy atom. The lowest BCUT2D eigenvalue weighted by Gasteiger charge is -2.47. The lowest BCUT2D eigenvalue weighted by atomic mass is 9.67. The van der Waals surface area contributed by atoms with Crippen molar-refractivity contribution in [1.29, 1.82) is 0 Å². The number of ether oxygens (including phenoxy) is 7. The van der Waals surface area contributed by atoms with E-state index in [-0.39, 0.29) is 121 Å². The van der Waals surface area contributed by atoms with Gasteiger partial charge in [-0.05, 0) is 53.2 Å². The number of phenols is 6. The Bertz CT molecular complexity index is 5060. The van der Waals surface area contributed by atoms with Crippen molar-refractivity contribution < 1.29 is 148 Å². The molecule has 3 saturated heterocycles. The highest BCUT2D eigenvalue weighted by molar-refractivity contribution is 6.33. The maximum absolute atomic E-state index is 13.7. The lowest BCUT2D eigenvalue weighted by molar-refractivity contribution is -0.273. The molecule has 9 aliphatic rings. The second-order valence-corrected chi connectivity index (χ2v) is 30.9. The molecule has 0 spiro atoms. The van der Waals surface area contributed by atoms with Gasteiger partial charge in [-0.25, -0.2) is 0 Å². The summed E-state index contributed by atoms with van der Waals surface area (Å²) < 4.78 is 40.8. The number of hydrogen-bond donors (Lipinski definition) is 17. The summed E-state index contributed by atoms with van der Waals surface area (Å²) in [6, 6.07) is 12.7. The van der Waals surface area contributed by atoms with E-state index in [4.69, 9.17) is 50.4 Å². The number of carbonyl (C=O) groups excluding carboxylic acids is 9. The smallest absolute Gasteiger partial charge is 0.202 e. The first-order chi connectivity index (χ1) is 53.6. The summed E-state index contributed by atoms with van der Waals surface area (Å²) in [5.74, 6) is -10.3. The lowest BCUT2D eigenvalue weighted by Crippen LogP contribution is -2.56. The van der Waals surface area contributed by atoms with Gasteiger partial charge in [-0.1, -0.05) is 54.6 Å². The normalized spacial score (nSPS) is 31.0. The average molecular weight is 1580 g/mol. The summed E-state index contributed by atoms with van der Waals surface area (Å²) >= 11 is 0. The number of nitrogens with two attached hydrogens (primary N) is 3. The number of ketones is 9. The minimum atomic E-state index is -2.28. The minimum absolute atomic E-state index is 0.00246. The molecule has 0 amide bonds. The standard InChI is InChI=1S/C28H31NO11.C27H29NO10.C26H27NO9/c1-11-22(32)14(29)7-17(39-11)40-27(2)10-28(37,16(31)9-30)8-13-21(27)26(36)20-19(24(13)34)23(33)12-5-4-6-15(38-3)18(12)25(20)35;1-10-22(31)15(28)6-17(37-10)38-16-8-27(36,11(2)30)7-14-19(16)26(35)21-20(24(14)33)23(32)13-5-3-4-12(9-29)18(13)25(21)34;1-10-21(29)15(27)7-17(35-10)36-16-9-26(34,11(2)28)8-14-18(16)25(33)20-19(24(14)32)22(30)12-5-3-4-6-13(12)23(20)31/h4-6,11,14,17,22,30,32,34,36-37H,7-10,29H2,1-3H3;3-5,10,15-17,22,29,31,33,35-36H,6-9,28H2,1-2H3;3-6,10,15-17,21,29,32-34H,7-9,27H2,1-2H3/t11-,14-,17-,22+,27-,28-;10?,15-,16+,17+,22-,27+;10-,15-,16-,17-,21+,26-/m010/s1. The van der Waals surface area contributed by atoms with Crippen molar-refractivity contribution in [3.05, 3.63) is 166 Å². The van der Waals surface area contributed by atoms with Crippen LogP contribution in [0.1, 0.15) is 227 Å². The highest BCUT2D eigenvalue weighted by atomic mass is 16.7. The number of methoxy groups -OCH3 is 1. The fourth-order valence-electron chi connectivity index (χ4n) is 17.4. The third-order valence-corrected chi connectivity index (χ3v) is 23.5. The molecule has 1 unspecified atom stereocenters. The zero-order chi connectivity index (χ0) is 83.1. The zero-order valence-corrected chi connectivity index (χ0v) is 62.7. The second-order valence-electron chi connectivity index (χ2n) is 30.9. The quantitative estimate of drug-likeness (QED) is 0.0774. The zero-order valence-electron chi connectivity index (χ0n) is 62.7. The molecule has 3 fully saturated rings. The van der Waals surface area contributed by atoms with E-state index in [2.05, 4.69) is 0 Å². The number of hydrogen-bond acceptors (Lipinski definition) is 33. The summed E-state index contributed by atoms with van der Waals surface area (Å²) in [6.45, 7) is 7.01. The van der Waals surface area contributed by atoms with Gasteiger partial charge in [-0.2, -0.15) is 0 Å². The minimum Gasteiger partial charge on any atom is -0.507 e. The third-order valence-electron chi connectivity index (χ3n) is 23.5. The first-order valence-electron chi connectivity index (χ1n) is 36.8. The van der Waals surface area contributed by atoms with E-state index < -0.39 is 256 Å². The molecule has 33 heteroatoms. The Morgan fingerprint density at radius 3 is 1.27 bits per heavy atom. The van der Waals surface area contributed by atoms with Gasteiger partial charge < -0.3 is 122 Å². The van der Waals surface area contributed by atoms with Crippen LogP contribution in [0.4, 0.5) is 0 Å². The number of benzene rings is 6. The van der Waals surface area contributed by atoms with Crippen molar-refractivity contribution >= 4 is 52.0 Å². The van der Waals surface area contributed by atoms with Gasteiger partial charge in [0.25, 0.3) is 0 Å². The van der Waals surface area contributed by atoms with Crippen LogP contribution in [-0.2, 0) is 74.3 Å². The molecule has 33 nitrogen and oxygen atoms in total. The molecule has 0 aromatic heterocycles. The maximum atomic E-state index is 13.7. The topological polar surface area (TPSA) is 580 Å². The number of carbonyl (C=O) groups is 9. The molecule has 6 aromatic carbocycles. The molecule has 3 aliphatic heterocycles. The highest BCUT2D eigenvalue weighted by Crippen LogP contribution is 2.58. The van der Waals surface area contributed by atoms with Crippen LogP contribution >= 0.6 is 0 Å². The van der Waals surface area contributed by atoms with E-state index >= 15 is 0 Å². The fourth-order valence-corrected chi connectivity index (χ4v) is 17.4. The molecule has 20 N–H and O–H groups in total. The van der Waals surface area contributed by atoms with Crippen LogP contribution in [0, 0.1) is 0 Å². The molecule has 18 atom stereocenters. The Hall–Kier alpha value is -9.73. The van der Waals surface area contributed by atoms with Crippen LogP contribution in [0.25, 0.3) is 0 Å². The van der Waals surface area contributed by atoms with Gasteiger partial charge in [0.05, 0.1) is 101 Å². The largest absolute Gasteiger partial charge is 0.507 e. The van der Waals surface area contributed by atoms with Gasteiger partial charge in [-0.15, -0.1) is 0 Å². The molecule has 0 bridgehead atoms. The van der Waals surface area contributed by atoms with Crippen LogP contribution in [0.2, 0.25) is 0 Å². The van der Waals surface area contributed by atoms with Crippen molar-refractivity contribution in [3.63, 3.8) is 0 Å². The highest BCUT2D eigenvalue weighted by Gasteiger charge is 2.57. The summed E-state index contributed by atoms with van der Waals surface area (Å²) in [7, 11) is 1.32. The van der Waals surface area contributed by atoms with E-state index in [9.17, 15) is 115 Å². The summed E-state index contributed by atoms with van der Waals surface area (Å²) in [5.41, 5.74) is 6.87. The Kier molecular flexibility index (Phi) is 21.8. The van der Waals surface area contributed by atoms with Crippen molar-refractivity contribution in [3.8, 4) is 40.2 Å². The third kappa shape index (κ3) is 13.4. The molecule has 6 aromatic rings. The van der Waals surface area contributed by atoms with Gasteiger partial charge in [0.15, 0.2) is 65.1 Å². The Balaban J connectivity index is 0.000000149. The monoisotopic (exact) mass is 1580 g/mol. The van der Waals surface area contributed by atoms with E-state index in [1.165, 1.54) is 76.4 Å². The Morgan fingerprint density at radius 1 is 0.474 bits per heavy atom. The van der Waals surface area contributed by atoms with E-state index in [1.807, 2.05) is 0 Å². The molecule has 15 rings (SSSR count).